The van der Waals surface area contributed by atoms with Gasteiger partial charge in [0.1, 0.15) is 0 Å². The van der Waals surface area contributed by atoms with E-state index in [1.165, 1.54) is 0 Å². The van der Waals surface area contributed by atoms with Crippen molar-refractivity contribution < 1.29 is 4.79 Å². The van der Waals surface area contributed by atoms with Gasteiger partial charge in [0.05, 0.1) is 5.69 Å². The average Bonchev–Trinajstić information content (AvgIpc) is 2.56. The lowest BCUT2D eigenvalue weighted by atomic mass is 10.1. The van der Waals surface area contributed by atoms with Crippen LogP contribution in [0.3, 0.4) is 0 Å². The van der Waals surface area contributed by atoms with E-state index in [-0.39, 0.29) is 5.91 Å². The number of carbonyl (C=O) groups is 1. The normalized spacial score (nSPS) is 10.7. The lowest BCUT2D eigenvalue weighted by Gasteiger charge is -2.27. The fraction of sp³-hybridized carbons (Fsp3) is 0.316. The molecule has 0 aromatic heterocycles. The predicted octanol–water partition coefficient (Wildman–Crippen LogP) is 4.90. The molecule has 0 aliphatic carbocycles. The van der Waals surface area contributed by atoms with Gasteiger partial charge in [0.2, 0.25) is 0 Å². The molecule has 0 fully saturated rings. The summed E-state index contributed by atoms with van der Waals surface area (Å²) in [4.78, 5) is 15.8. The third kappa shape index (κ3) is 4.29. The molecule has 0 atom stereocenters. The van der Waals surface area contributed by atoms with Crippen molar-refractivity contribution in [3.63, 3.8) is 0 Å². The van der Waals surface area contributed by atoms with Crippen LogP contribution in [-0.2, 0) is 0 Å². The zero-order chi connectivity index (χ0) is 16.8. The molecule has 0 heterocycles. The number of hydrogen-bond donors (Lipinski definition) is 1. The van der Waals surface area contributed by atoms with Gasteiger partial charge < -0.3 is 10.2 Å². The number of carbonyl (C=O) groups excluding carboxylic acids is 1. The van der Waals surface area contributed by atoms with E-state index in [1.807, 2.05) is 54.8 Å². The van der Waals surface area contributed by atoms with E-state index in [1.54, 1.807) is 11.8 Å². The standard InChI is InChI=1S/C19H24N2OS/c1-5-21(14(2)3)16-12-10-15(11-13-16)19(22)20-17-8-6-7-9-18(17)23-4/h6-14H,5H2,1-4H3,(H,20,22). The van der Waals surface area contributed by atoms with Gasteiger partial charge in [-0.2, -0.15) is 0 Å². The number of hydrogen-bond acceptors (Lipinski definition) is 3. The molecule has 0 saturated carbocycles. The van der Waals surface area contributed by atoms with E-state index >= 15 is 0 Å². The third-order valence-electron chi connectivity index (χ3n) is 3.78. The van der Waals surface area contributed by atoms with Gasteiger partial charge in [0.25, 0.3) is 5.91 Å². The van der Waals surface area contributed by atoms with Crippen LogP contribution in [0.4, 0.5) is 11.4 Å². The molecule has 2 aromatic carbocycles. The quantitative estimate of drug-likeness (QED) is 0.766. The second kappa shape index (κ2) is 8.06. The van der Waals surface area contributed by atoms with Gasteiger partial charge in [-0.25, -0.2) is 0 Å². The molecule has 4 heteroatoms. The molecule has 0 aliphatic heterocycles. The Balaban J connectivity index is 2.14. The van der Waals surface area contributed by atoms with Crippen LogP contribution in [0.1, 0.15) is 31.1 Å². The van der Waals surface area contributed by atoms with Crippen LogP contribution in [0.15, 0.2) is 53.4 Å². The van der Waals surface area contributed by atoms with Crippen molar-refractivity contribution in [3.05, 3.63) is 54.1 Å². The van der Waals surface area contributed by atoms with Crippen molar-refractivity contribution in [1.82, 2.24) is 0 Å². The molecule has 122 valence electrons. The number of thioether (sulfide) groups is 1. The Morgan fingerprint density at radius 2 is 1.78 bits per heavy atom. The highest BCUT2D eigenvalue weighted by molar-refractivity contribution is 7.98. The first-order valence-electron chi connectivity index (χ1n) is 7.88. The predicted molar refractivity (Wildman–Crippen MR) is 101 cm³/mol. The molecular formula is C19H24N2OS. The fourth-order valence-corrected chi connectivity index (χ4v) is 3.15. The van der Waals surface area contributed by atoms with Crippen molar-refractivity contribution in [2.75, 3.05) is 23.0 Å². The number of para-hydroxylation sites is 1. The Hall–Kier alpha value is -1.94. The zero-order valence-corrected chi connectivity index (χ0v) is 15.0. The lowest BCUT2D eigenvalue weighted by Crippen LogP contribution is -2.30. The topological polar surface area (TPSA) is 32.3 Å². The number of nitrogens with one attached hydrogen (secondary N) is 1. The zero-order valence-electron chi connectivity index (χ0n) is 14.2. The Morgan fingerprint density at radius 3 is 2.35 bits per heavy atom. The van der Waals surface area contributed by atoms with Crippen molar-refractivity contribution >= 4 is 29.0 Å². The minimum absolute atomic E-state index is 0.0781. The second-order valence-corrected chi connectivity index (χ2v) is 6.43. The van der Waals surface area contributed by atoms with Gasteiger partial charge in [-0.1, -0.05) is 12.1 Å². The maximum Gasteiger partial charge on any atom is 0.255 e. The minimum atomic E-state index is -0.0781. The summed E-state index contributed by atoms with van der Waals surface area (Å²) in [5.41, 5.74) is 2.67. The molecule has 1 amide bonds. The van der Waals surface area contributed by atoms with Crippen molar-refractivity contribution in [1.29, 1.82) is 0 Å². The van der Waals surface area contributed by atoms with Crippen LogP contribution in [0, 0.1) is 0 Å². The second-order valence-electron chi connectivity index (χ2n) is 5.58. The van der Waals surface area contributed by atoms with Crippen molar-refractivity contribution in [3.8, 4) is 0 Å². The maximum atomic E-state index is 12.4. The van der Waals surface area contributed by atoms with Crippen LogP contribution in [0.25, 0.3) is 0 Å². The summed E-state index contributed by atoms with van der Waals surface area (Å²) >= 11 is 1.62. The van der Waals surface area contributed by atoms with E-state index in [2.05, 4.69) is 31.0 Å². The first-order valence-corrected chi connectivity index (χ1v) is 9.10. The summed E-state index contributed by atoms with van der Waals surface area (Å²) < 4.78 is 0. The minimum Gasteiger partial charge on any atom is -0.369 e. The average molecular weight is 328 g/mol. The Bertz CT molecular complexity index is 653. The van der Waals surface area contributed by atoms with Crippen LogP contribution in [0.2, 0.25) is 0 Å². The highest BCUT2D eigenvalue weighted by atomic mass is 32.2. The molecule has 0 unspecified atom stereocenters. The van der Waals surface area contributed by atoms with Crippen molar-refractivity contribution in [2.24, 2.45) is 0 Å². The molecule has 0 aliphatic rings. The number of nitrogens with zero attached hydrogens (tertiary/aromatic N) is 1. The third-order valence-corrected chi connectivity index (χ3v) is 4.58. The number of amides is 1. The van der Waals surface area contributed by atoms with Gasteiger partial charge >= 0.3 is 0 Å². The van der Waals surface area contributed by atoms with Gasteiger partial charge in [-0.15, -0.1) is 11.8 Å². The molecule has 2 rings (SSSR count). The summed E-state index contributed by atoms with van der Waals surface area (Å²) in [6.07, 6.45) is 2.00. The number of rotatable bonds is 6. The largest absolute Gasteiger partial charge is 0.369 e. The van der Waals surface area contributed by atoms with Gasteiger partial charge in [0, 0.05) is 28.7 Å². The summed E-state index contributed by atoms with van der Waals surface area (Å²) in [6, 6.07) is 16.1. The van der Waals surface area contributed by atoms with E-state index < -0.39 is 0 Å². The summed E-state index contributed by atoms with van der Waals surface area (Å²) in [7, 11) is 0. The summed E-state index contributed by atoms with van der Waals surface area (Å²) in [5, 5.41) is 2.99. The Labute approximate surface area is 143 Å². The molecule has 0 radical (unpaired) electrons. The number of anilines is 2. The molecule has 0 bridgehead atoms. The van der Waals surface area contributed by atoms with Gasteiger partial charge in [0.15, 0.2) is 0 Å². The van der Waals surface area contributed by atoms with E-state index in [4.69, 9.17) is 0 Å². The fourth-order valence-electron chi connectivity index (χ4n) is 2.59. The first kappa shape index (κ1) is 17.4. The van der Waals surface area contributed by atoms with Crippen LogP contribution >= 0.6 is 11.8 Å². The molecule has 0 spiro atoms. The van der Waals surface area contributed by atoms with Crippen LogP contribution in [0.5, 0.6) is 0 Å². The molecule has 1 N–H and O–H groups in total. The van der Waals surface area contributed by atoms with Gasteiger partial charge in [-0.3, -0.25) is 4.79 Å². The van der Waals surface area contributed by atoms with E-state index in [0.29, 0.717) is 11.6 Å². The number of benzene rings is 2. The Morgan fingerprint density at radius 1 is 1.13 bits per heavy atom. The molecular weight excluding hydrogens is 304 g/mol. The SMILES string of the molecule is CCN(c1ccc(C(=O)Nc2ccccc2SC)cc1)C(C)C. The lowest BCUT2D eigenvalue weighted by molar-refractivity contribution is 0.102. The smallest absolute Gasteiger partial charge is 0.255 e. The Kier molecular flexibility index (Phi) is 6.11. The highest BCUT2D eigenvalue weighted by Gasteiger charge is 2.11. The van der Waals surface area contributed by atoms with Crippen LogP contribution in [-0.4, -0.2) is 24.7 Å². The molecule has 23 heavy (non-hydrogen) atoms. The summed E-state index contributed by atoms with van der Waals surface area (Å²) in [6.45, 7) is 7.43. The monoisotopic (exact) mass is 328 g/mol. The summed E-state index contributed by atoms with van der Waals surface area (Å²) in [5.74, 6) is -0.0781. The van der Waals surface area contributed by atoms with Crippen molar-refractivity contribution in [2.45, 2.75) is 31.7 Å². The van der Waals surface area contributed by atoms with E-state index in [9.17, 15) is 4.79 Å². The molecule has 3 nitrogen and oxygen atoms in total. The van der Waals surface area contributed by atoms with Gasteiger partial charge in [-0.05, 0) is 63.4 Å². The maximum absolute atomic E-state index is 12.4. The highest BCUT2D eigenvalue weighted by Crippen LogP contribution is 2.25. The van der Waals surface area contributed by atoms with E-state index in [0.717, 1.165) is 22.8 Å². The molecule has 0 saturated heterocycles. The molecule has 2 aromatic rings. The van der Waals surface area contributed by atoms with Crippen LogP contribution < -0.4 is 10.2 Å². The first-order chi connectivity index (χ1) is 11.1.